The van der Waals surface area contributed by atoms with Gasteiger partial charge in [0.15, 0.2) is 17.8 Å². The highest BCUT2D eigenvalue weighted by atomic mass is 16.5. The quantitative estimate of drug-likeness (QED) is 0.588. The molecule has 0 amide bonds. The maximum Gasteiger partial charge on any atom is 0.169 e. The zero-order chi connectivity index (χ0) is 12.0. The first-order chi connectivity index (χ1) is 7.74. The van der Waals surface area contributed by atoms with E-state index in [0.717, 1.165) is 0 Å². The van der Waals surface area contributed by atoms with Crippen LogP contribution in [0.5, 0.6) is 11.5 Å². The number of aliphatic hydroxyl groups excluding tert-OH is 1. The highest BCUT2D eigenvalue weighted by Gasteiger charge is 2.10. The molecule has 1 aromatic carbocycles. The van der Waals surface area contributed by atoms with Crippen LogP contribution in [0.3, 0.4) is 0 Å². The van der Waals surface area contributed by atoms with E-state index in [4.69, 9.17) is 9.84 Å². The van der Waals surface area contributed by atoms with Crippen molar-refractivity contribution in [2.45, 2.75) is 6.42 Å². The first-order valence-electron chi connectivity index (χ1n) is 4.69. The fraction of sp³-hybridized carbons (Fsp3) is 0.250. The van der Waals surface area contributed by atoms with Gasteiger partial charge in [-0.05, 0) is 12.1 Å². The van der Waals surface area contributed by atoms with Crippen molar-refractivity contribution < 1.29 is 19.7 Å². The SMILES string of the molecule is COc1ccc(C#CCCO)c(C=O)c1O. The number of rotatable bonds is 3. The molecule has 0 aliphatic carbocycles. The Labute approximate surface area is 93.5 Å². The number of carbonyl (C=O) groups excluding carboxylic acids is 1. The molecule has 2 N–H and O–H groups in total. The minimum Gasteiger partial charge on any atom is -0.504 e. The lowest BCUT2D eigenvalue weighted by Gasteiger charge is -2.06. The minimum absolute atomic E-state index is 0.0362. The first-order valence-corrected chi connectivity index (χ1v) is 4.69. The number of hydrogen-bond acceptors (Lipinski definition) is 4. The van der Waals surface area contributed by atoms with Gasteiger partial charge in [-0.3, -0.25) is 4.79 Å². The molecule has 4 nitrogen and oxygen atoms in total. The van der Waals surface area contributed by atoms with Gasteiger partial charge < -0.3 is 14.9 Å². The molecule has 0 fully saturated rings. The normalized spacial score (nSPS) is 9.12. The molecule has 0 aliphatic rings. The number of phenols is 1. The topological polar surface area (TPSA) is 66.8 Å². The Morgan fingerprint density at radius 3 is 2.81 bits per heavy atom. The van der Waals surface area contributed by atoms with Gasteiger partial charge >= 0.3 is 0 Å². The summed E-state index contributed by atoms with van der Waals surface area (Å²) in [6.07, 6.45) is 0.853. The average molecular weight is 220 g/mol. The maximum absolute atomic E-state index is 10.8. The van der Waals surface area contributed by atoms with Gasteiger partial charge in [0.1, 0.15) is 0 Å². The van der Waals surface area contributed by atoms with Crippen molar-refractivity contribution in [2.75, 3.05) is 13.7 Å². The Hall–Kier alpha value is -1.99. The molecule has 0 saturated carbocycles. The van der Waals surface area contributed by atoms with Gasteiger partial charge in [-0.1, -0.05) is 11.8 Å². The molecule has 0 aromatic heterocycles. The molecule has 0 radical (unpaired) electrons. The first kappa shape index (κ1) is 12.1. The molecule has 0 atom stereocenters. The van der Waals surface area contributed by atoms with Crippen LogP contribution in [0.15, 0.2) is 12.1 Å². The van der Waals surface area contributed by atoms with Crippen LogP contribution in [-0.2, 0) is 0 Å². The van der Waals surface area contributed by atoms with Gasteiger partial charge in [0.2, 0.25) is 0 Å². The number of aldehydes is 1. The van der Waals surface area contributed by atoms with Crippen molar-refractivity contribution in [3.8, 4) is 23.3 Å². The fourth-order valence-corrected chi connectivity index (χ4v) is 1.19. The summed E-state index contributed by atoms with van der Waals surface area (Å²) in [6, 6.07) is 3.12. The number of benzene rings is 1. The average Bonchev–Trinajstić information content (AvgIpc) is 2.30. The van der Waals surface area contributed by atoms with Crippen LogP contribution in [0.4, 0.5) is 0 Å². The molecule has 0 saturated heterocycles. The van der Waals surface area contributed by atoms with Crippen LogP contribution in [0, 0.1) is 11.8 Å². The Morgan fingerprint density at radius 2 is 2.25 bits per heavy atom. The van der Waals surface area contributed by atoms with Gasteiger partial charge in [-0.25, -0.2) is 0 Å². The second-order valence-corrected chi connectivity index (χ2v) is 2.97. The van der Waals surface area contributed by atoms with Crippen LogP contribution >= 0.6 is 0 Å². The lowest BCUT2D eigenvalue weighted by Crippen LogP contribution is -1.92. The largest absolute Gasteiger partial charge is 0.504 e. The van der Waals surface area contributed by atoms with E-state index in [1.807, 2.05) is 0 Å². The highest BCUT2D eigenvalue weighted by Crippen LogP contribution is 2.30. The number of phenolic OH excluding ortho intramolecular Hbond substituents is 1. The van der Waals surface area contributed by atoms with Crippen molar-refractivity contribution in [3.05, 3.63) is 23.3 Å². The Balaban J connectivity index is 3.17. The van der Waals surface area contributed by atoms with E-state index < -0.39 is 0 Å². The van der Waals surface area contributed by atoms with Crippen molar-refractivity contribution in [3.63, 3.8) is 0 Å². The number of methoxy groups -OCH3 is 1. The van der Waals surface area contributed by atoms with E-state index in [2.05, 4.69) is 11.8 Å². The highest BCUT2D eigenvalue weighted by molar-refractivity contribution is 5.85. The van der Waals surface area contributed by atoms with Gasteiger partial charge in [0.05, 0.1) is 19.3 Å². The summed E-state index contributed by atoms with van der Waals surface area (Å²) in [7, 11) is 1.40. The van der Waals surface area contributed by atoms with Crippen molar-refractivity contribution in [2.24, 2.45) is 0 Å². The molecule has 1 aromatic rings. The summed E-state index contributed by atoms with van der Waals surface area (Å²) in [5.74, 6) is 5.40. The van der Waals surface area contributed by atoms with Crippen LogP contribution in [0.25, 0.3) is 0 Å². The van der Waals surface area contributed by atoms with Crippen LogP contribution in [-0.4, -0.2) is 30.2 Å². The van der Waals surface area contributed by atoms with Gasteiger partial charge in [0.25, 0.3) is 0 Å². The van der Waals surface area contributed by atoms with Crippen molar-refractivity contribution >= 4 is 6.29 Å². The van der Waals surface area contributed by atoms with E-state index in [9.17, 15) is 9.90 Å². The summed E-state index contributed by atoms with van der Waals surface area (Å²) in [4.78, 5) is 10.8. The summed E-state index contributed by atoms with van der Waals surface area (Å²) in [5.41, 5.74) is 0.520. The molecule has 84 valence electrons. The second kappa shape index (κ2) is 5.79. The fourth-order valence-electron chi connectivity index (χ4n) is 1.19. The number of ether oxygens (including phenoxy) is 1. The smallest absolute Gasteiger partial charge is 0.169 e. The summed E-state index contributed by atoms with van der Waals surface area (Å²) in [6.45, 7) is -0.0362. The van der Waals surface area contributed by atoms with Crippen LogP contribution in [0.2, 0.25) is 0 Å². The van der Waals surface area contributed by atoms with Gasteiger partial charge in [-0.2, -0.15) is 0 Å². The maximum atomic E-state index is 10.8. The third-order valence-corrected chi connectivity index (χ3v) is 1.98. The van der Waals surface area contributed by atoms with E-state index in [0.29, 0.717) is 18.3 Å². The zero-order valence-corrected chi connectivity index (χ0v) is 8.86. The number of carbonyl (C=O) groups is 1. The van der Waals surface area contributed by atoms with Crippen molar-refractivity contribution in [1.82, 2.24) is 0 Å². The van der Waals surface area contributed by atoms with E-state index in [1.54, 1.807) is 6.07 Å². The summed E-state index contributed by atoms with van der Waals surface area (Å²) >= 11 is 0. The van der Waals surface area contributed by atoms with Gasteiger partial charge in [-0.15, -0.1) is 0 Å². The lowest BCUT2D eigenvalue weighted by molar-refractivity contribution is 0.112. The molecule has 0 unspecified atom stereocenters. The van der Waals surface area contributed by atoms with E-state index >= 15 is 0 Å². The molecule has 4 heteroatoms. The minimum atomic E-state index is -0.215. The number of hydrogen-bond donors (Lipinski definition) is 2. The summed E-state index contributed by atoms with van der Waals surface area (Å²) < 4.78 is 4.87. The van der Waals surface area contributed by atoms with Crippen LogP contribution < -0.4 is 4.74 Å². The molecule has 16 heavy (non-hydrogen) atoms. The predicted octanol–water partition coefficient (Wildman–Crippen LogP) is 0.947. The van der Waals surface area contributed by atoms with Gasteiger partial charge in [0, 0.05) is 12.0 Å². The van der Waals surface area contributed by atoms with E-state index in [-0.39, 0.29) is 23.7 Å². The summed E-state index contributed by atoms with van der Waals surface area (Å²) in [5, 5.41) is 18.2. The van der Waals surface area contributed by atoms with E-state index in [1.165, 1.54) is 13.2 Å². The number of aromatic hydroxyl groups is 1. The standard InChI is InChI=1S/C12H12O4/c1-16-11-6-5-9(4-2-3-7-13)10(8-14)12(11)15/h5-6,8,13,15H,3,7H2,1H3. The molecule has 1 rings (SSSR count). The lowest BCUT2D eigenvalue weighted by atomic mass is 10.1. The second-order valence-electron chi connectivity index (χ2n) is 2.97. The molecule has 0 spiro atoms. The Bertz CT molecular complexity index is 440. The van der Waals surface area contributed by atoms with Crippen molar-refractivity contribution in [1.29, 1.82) is 0 Å². The zero-order valence-electron chi connectivity index (χ0n) is 8.86. The molecular formula is C12H12O4. The molecular weight excluding hydrogens is 208 g/mol. The third kappa shape index (κ3) is 2.53. The monoisotopic (exact) mass is 220 g/mol. The Kier molecular flexibility index (Phi) is 4.37. The molecule has 0 heterocycles. The molecule has 0 aliphatic heterocycles. The molecule has 0 bridgehead atoms. The third-order valence-electron chi connectivity index (χ3n) is 1.98. The predicted molar refractivity (Wildman–Crippen MR) is 58.6 cm³/mol. The number of aliphatic hydroxyl groups is 1. The Morgan fingerprint density at radius 1 is 1.50 bits per heavy atom. The van der Waals surface area contributed by atoms with Crippen LogP contribution in [0.1, 0.15) is 22.3 Å².